The van der Waals surface area contributed by atoms with E-state index >= 15 is 0 Å². The molecule has 172 valence electrons. The molecule has 0 saturated carbocycles. The number of ether oxygens (including phenoxy) is 1. The summed E-state index contributed by atoms with van der Waals surface area (Å²) in [6.07, 6.45) is 0.293. The number of aromatic nitrogens is 2. The van der Waals surface area contributed by atoms with Gasteiger partial charge in [-0.1, -0.05) is 30.3 Å². The fourth-order valence-electron chi connectivity index (χ4n) is 4.60. The van der Waals surface area contributed by atoms with Crippen molar-refractivity contribution in [2.45, 2.75) is 13.0 Å². The lowest BCUT2D eigenvalue weighted by Crippen LogP contribution is -2.49. The predicted molar refractivity (Wildman–Crippen MR) is 129 cm³/mol. The van der Waals surface area contributed by atoms with E-state index in [1.54, 1.807) is 4.57 Å². The van der Waals surface area contributed by atoms with Gasteiger partial charge in [0.05, 0.1) is 24.2 Å². The van der Waals surface area contributed by atoms with Gasteiger partial charge in [-0.05, 0) is 24.3 Å². The molecule has 0 radical (unpaired) electrons. The van der Waals surface area contributed by atoms with Crippen LogP contribution in [-0.2, 0) is 16.1 Å². The van der Waals surface area contributed by atoms with Crippen molar-refractivity contribution in [3.63, 3.8) is 0 Å². The minimum atomic E-state index is -0.141. The van der Waals surface area contributed by atoms with Gasteiger partial charge in [0.15, 0.2) is 5.82 Å². The Labute approximate surface area is 193 Å². The van der Waals surface area contributed by atoms with Crippen molar-refractivity contribution in [1.29, 1.82) is 0 Å². The molecule has 33 heavy (non-hydrogen) atoms. The molecule has 0 bridgehead atoms. The monoisotopic (exact) mass is 447 g/mol. The van der Waals surface area contributed by atoms with E-state index in [0.717, 1.165) is 24.1 Å². The molecule has 0 unspecified atom stereocenters. The number of rotatable bonds is 5. The number of anilines is 2. The minimum absolute atomic E-state index is 0.0865. The summed E-state index contributed by atoms with van der Waals surface area (Å²) < 4.78 is 7.14. The number of carbonyl (C=O) groups excluding carboxylic acids is 1. The van der Waals surface area contributed by atoms with E-state index in [1.165, 1.54) is 5.69 Å². The van der Waals surface area contributed by atoms with Gasteiger partial charge in [0.25, 0.3) is 5.56 Å². The van der Waals surface area contributed by atoms with Crippen LogP contribution in [0.2, 0.25) is 0 Å². The van der Waals surface area contributed by atoms with Gasteiger partial charge in [-0.15, -0.1) is 0 Å². The van der Waals surface area contributed by atoms with Crippen molar-refractivity contribution in [2.75, 3.05) is 62.3 Å². The fourth-order valence-corrected chi connectivity index (χ4v) is 4.60. The molecule has 8 nitrogen and oxygen atoms in total. The van der Waals surface area contributed by atoms with E-state index in [4.69, 9.17) is 4.74 Å². The van der Waals surface area contributed by atoms with Gasteiger partial charge in [-0.3, -0.25) is 9.59 Å². The first-order valence-corrected chi connectivity index (χ1v) is 11.6. The topological polar surface area (TPSA) is 70.9 Å². The number of morpholine rings is 1. The summed E-state index contributed by atoms with van der Waals surface area (Å²) in [6, 6.07) is 17.9. The average Bonchev–Trinajstić information content (AvgIpc) is 2.89. The van der Waals surface area contributed by atoms with Crippen molar-refractivity contribution in [3.8, 4) is 0 Å². The highest BCUT2D eigenvalue weighted by Gasteiger charge is 2.23. The van der Waals surface area contributed by atoms with Crippen LogP contribution in [-0.4, -0.2) is 72.8 Å². The average molecular weight is 448 g/mol. The van der Waals surface area contributed by atoms with Gasteiger partial charge >= 0.3 is 0 Å². The van der Waals surface area contributed by atoms with Crippen LogP contribution in [0.15, 0.2) is 59.4 Å². The first-order valence-electron chi connectivity index (χ1n) is 11.6. The summed E-state index contributed by atoms with van der Waals surface area (Å²) in [5, 5.41) is 0. The lowest BCUT2D eigenvalue weighted by Gasteiger charge is -2.36. The summed E-state index contributed by atoms with van der Waals surface area (Å²) in [4.78, 5) is 37.2. The van der Waals surface area contributed by atoms with Crippen LogP contribution in [0.25, 0.3) is 11.0 Å². The van der Waals surface area contributed by atoms with Crippen molar-refractivity contribution in [3.05, 3.63) is 65.0 Å². The molecule has 2 aliphatic heterocycles. The highest BCUT2D eigenvalue weighted by molar-refractivity contribution is 5.78. The molecule has 2 aliphatic rings. The maximum atomic E-state index is 13.4. The Morgan fingerprint density at radius 2 is 1.55 bits per heavy atom. The van der Waals surface area contributed by atoms with Crippen molar-refractivity contribution in [1.82, 2.24) is 14.5 Å². The molecule has 3 heterocycles. The van der Waals surface area contributed by atoms with Gasteiger partial charge in [0.2, 0.25) is 5.91 Å². The number of hydrogen-bond donors (Lipinski definition) is 0. The first kappa shape index (κ1) is 21.5. The van der Waals surface area contributed by atoms with E-state index in [0.29, 0.717) is 58.2 Å². The summed E-state index contributed by atoms with van der Waals surface area (Å²) in [5.74, 6) is 0.532. The number of carbonyl (C=O) groups is 1. The number of hydrogen-bond acceptors (Lipinski definition) is 6. The normalized spacial score (nSPS) is 16.9. The Kier molecular flexibility index (Phi) is 6.26. The quantitative estimate of drug-likeness (QED) is 0.596. The molecule has 2 fully saturated rings. The van der Waals surface area contributed by atoms with Crippen LogP contribution in [0.1, 0.15) is 6.42 Å². The largest absolute Gasteiger partial charge is 0.378 e. The van der Waals surface area contributed by atoms with Crippen molar-refractivity contribution < 1.29 is 9.53 Å². The Morgan fingerprint density at radius 1 is 0.848 bits per heavy atom. The molecule has 0 N–H and O–H groups in total. The SMILES string of the molecule is O=C(CCn1c(=O)c(N2CCOCC2)nc2ccccc21)N1CCN(c2ccccc2)CC1. The number of piperazine rings is 1. The van der Waals surface area contributed by atoms with Gasteiger partial charge in [-0.25, -0.2) is 4.98 Å². The third kappa shape index (κ3) is 4.57. The highest BCUT2D eigenvalue weighted by atomic mass is 16.5. The lowest BCUT2D eigenvalue weighted by atomic mass is 10.2. The first-order chi connectivity index (χ1) is 16.2. The molecule has 0 aliphatic carbocycles. The maximum absolute atomic E-state index is 13.4. The Balaban J connectivity index is 1.29. The third-order valence-corrected chi connectivity index (χ3v) is 6.45. The van der Waals surface area contributed by atoms with Crippen LogP contribution < -0.4 is 15.4 Å². The van der Waals surface area contributed by atoms with E-state index < -0.39 is 0 Å². The van der Waals surface area contributed by atoms with Crippen LogP contribution in [0.4, 0.5) is 11.5 Å². The number of para-hydroxylation sites is 3. The summed E-state index contributed by atoms with van der Waals surface area (Å²) >= 11 is 0. The van der Waals surface area contributed by atoms with Crippen molar-refractivity contribution >= 4 is 28.4 Å². The summed E-state index contributed by atoms with van der Waals surface area (Å²) in [5.41, 5.74) is 2.58. The van der Waals surface area contributed by atoms with Crippen molar-refractivity contribution in [2.24, 2.45) is 0 Å². The Hall–Kier alpha value is -3.39. The van der Waals surface area contributed by atoms with E-state index in [2.05, 4.69) is 22.0 Å². The number of fused-ring (bicyclic) bond motifs is 1. The van der Waals surface area contributed by atoms with Crippen LogP contribution >= 0.6 is 0 Å². The van der Waals surface area contributed by atoms with Gasteiger partial charge in [0, 0.05) is 57.9 Å². The zero-order valence-electron chi connectivity index (χ0n) is 18.7. The number of aryl methyl sites for hydroxylation is 1. The highest BCUT2D eigenvalue weighted by Crippen LogP contribution is 2.18. The fraction of sp³-hybridized carbons (Fsp3) is 0.400. The molecular formula is C25H29N5O3. The standard InChI is InChI=1S/C25H29N5O3/c31-23(28-14-12-27(13-15-28)20-6-2-1-3-7-20)10-11-30-22-9-5-4-8-21(22)26-24(25(30)32)29-16-18-33-19-17-29/h1-9H,10-19H2. The molecule has 1 aromatic heterocycles. The number of nitrogens with zero attached hydrogens (tertiary/aromatic N) is 5. The van der Waals surface area contributed by atoms with Gasteiger partial charge in [-0.2, -0.15) is 0 Å². The second kappa shape index (κ2) is 9.62. The third-order valence-electron chi connectivity index (χ3n) is 6.45. The van der Waals surface area contributed by atoms with E-state index in [9.17, 15) is 9.59 Å². The second-order valence-corrected chi connectivity index (χ2v) is 8.43. The maximum Gasteiger partial charge on any atom is 0.294 e. The molecule has 3 aromatic rings. The predicted octanol–water partition coefficient (Wildman–Crippen LogP) is 1.97. The lowest BCUT2D eigenvalue weighted by molar-refractivity contribution is -0.131. The van der Waals surface area contributed by atoms with Gasteiger partial charge < -0.3 is 24.0 Å². The Bertz CT molecular complexity index is 1170. The number of benzene rings is 2. The Morgan fingerprint density at radius 3 is 2.30 bits per heavy atom. The molecular weight excluding hydrogens is 418 g/mol. The molecule has 8 heteroatoms. The number of amides is 1. The second-order valence-electron chi connectivity index (χ2n) is 8.43. The smallest absolute Gasteiger partial charge is 0.294 e. The van der Waals surface area contributed by atoms with Crippen LogP contribution in [0.3, 0.4) is 0 Å². The van der Waals surface area contributed by atoms with Gasteiger partial charge in [0.1, 0.15) is 0 Å². The zero-order valence-corrected chi connectivity index (χ0v) is 18.7. The van der Waals surface area contributed by atoms with Crippen LogP contribution in [0.5, 0.6) is 0 Å². The minimum Gasteiger partial charge on any atom is -0.378 e. The molecule has 0 spiro atoms. The molecule has 1 amide bonds. The van der Waals surface area contributed by atoms with Crippen LogP contribution in [0, 0.1) is 0 Å². The summed E-state index contributed by atoms with van der Waals surface area (Å²) in [7, 11) is 0. The summed E-state index contributed by atoms with van der Waals surface area (Å²) in [6.45, 7) is 5.82. The molecule has 5 rings (SSSR count). The van der Waals surface area contributed by atoms with E-state index in [1.807, 2.05) is 52.3 Å². The molecule has 0 atom stereocenters. The molecule has 2 saturated heterocycles. The zero-order chi connectivity index (χ0) is 22.6. The molecule has 2 aromatic carbocycles. The van der Waals surface area contributed by atoms with E-state index in [-0.39, 0.29) is 11.5 Å².